The van der Waals surface area contributed by atoms with Crippen molar-refractivity contribution < 1.29 is 27.1 Å². The second kappa shape index (κ2) is 11.8. The maximum atomic E-state index is 15.9. The number of aliphatic hydroxyl groups is 1. The van der Waals surface area contributed by atoms with Gasteiger partial charge in [-0.05, 0) is 76.7 Å². The Labute approximate surface area is 236 Å². The van der Waals surface area contributed by atoms with Crippen molar-refractivity contribution >= 4 is 5.69 Å². The fraction of sp³-hybridized carbons (Fsp3) is 0.133. The molecule has 42 heavy (non-hydrogen) atoms. The van der Waals surface area contributed by atoms with E-state index in [2.05, 4.69) is 37.7 Å². The van der Waals surface area contributed by atoms with E-state index in [1.165, 1.54) is 18.2 Å². The zero-order valence-corrected chi connectivity index (χ0v) is 21.6. The summed E-state index contributed by atoms with van der Waals surface area (Å²) >= 11 is 0. The van der Waals surface area contributed by atoms with Gasteiger partial charge < -0.3 is 10.4 Å². The summed E-state index contributed by atoms with van der Waals surface area (Å²) in [5.74, 6) is -1.08. The minimum absolute atomic E-state index is 0.314. The predicted octanol–water partition coefficient (Wildman–Crippen LogP) is 5.18. The van der Waals surface area contributed by atoms with Crippen LogP contribution in [0.1, 0.15) is 27.9 Å². The fourth-order valence-electron chi connectivity index (χ4n) is 4.15. The van der Waals surface area contributed by atoms with Crippen molar-refractivity contribution in [3.63, 3.8) is 0 Å². The number of anilines is 1. The minimum Gasteiger partial charge on any atom is -0.381 e. The van der Waals surface area contributed by atoms with Gasteiger partial charge in [-0.25, -0.2) is 17.9 Å². The number of hydrogen-bond donors (Lipinski definition) is 2. The van der Waals surface area contributed by atoms with Crippen molar-refractivity contribution in [3.05, 3.63) is 137 Å². The SMILES string of the molecule is OC(Cn1cnnn1)(c1ccc(F)cc1F)C(F)(F)c1ccc(C#Cc2ccc(CNc3ccc(F)cc3)cc2)cn1. The summed E-state index contributed by atoms with van der Waals surface area (Å²) in [7, 11) is 0. The summed E-state index contributed by atoms with van der Waals surface area (Å²) in [6.45, 7) is -0.436. The molecule has 0 amide bonds. The Bertz CT molecular complexity index is 1720. The average Bonchev–Trinajstić information content (AvgIpc) is 3.49. The summed E-state index contributed by atoms with van der Waals surface area (Å²) in [5.41, 5.74) is -2.24. The van der Waals surface area contributed by atoms with Crippen molar-refractivity contribution in [2.45, 2.75) is 24.6 Å². The Balaban J connectivity index is 1.33. The van der Waals surface area contributed by atoms with E-state index in [-0.39, 0.29) is 5.82 Å². The zero-order chi connectivity index (χ0) is 29.7. The summed E-state index contributed by atoms with van der Waals surface area (Å²) in [6.07, 6.45) is 2.08. The lowest BCUT2D eigenvalue weighted by molar-refractivity contribution is -0.207. The van der Waals surface area contributed by atoms with Gasteiger partial charge in [0.1, 0.15) is 29.5 Å². The molecule has 212 valence electrons. The smallest absolute Gasteiger partial charge is 0.323 e. The molecule has 0 fully saturated rings. The normalized spacial score (nSPS) is 12.7. The quantitative estimate of drug-likeness (QED) is 0.196. The lowest BCUT2D eigenvalue weighted by atomic mass is 9.84. The van der Waals surface area contributed by atoms with E-state index in [0.717, 1.165) is 46.7 Å². The number of nitrogens with zero attached hydrogens (tertiary/aromatic N) is 5. The topological polar surface area (TPSA) is 88.8 Å². The van der Waals surface area contributed by atoms with E-state index in [1.807, 2.05) is 12.1 Å². The molecule has 0 aliphatic heterocycles. The molecule has 0 bridgehead atoms. The third-order valence-corrected chi connectivity index (χ3v) is 6.41. The molecule has 5 aromatic rings. The molecule has 0 saturated heterocycles. The van der Waals surface area contributed by atoms with E-state index < -0.39 is 41.0 Å². The Morgan fingerprint density at radius 3 is 2.17 bits per heavy atom. The molecular formula is C30H21F5N6O. The van der Waals surface area contributed by atoms with E-state index in [9.17, 15) is 18.3 Å². The van der Waals surface area contributed by atoms with Crippen molar-refractivity contribution in [2.24, 2.45) is 0 Å². The van der Waals surface area contributed by atoms with Crippen molar-refractivity contribution in [1.82, 2.24) is 25.2 Å². The number of nitrogens with one attached hydrogen (secondary N) is 1. The standard InChI is InChI=1S/C30H21F5N6O/c31-23-8-11-25(12-9-23)36-16-21-4-1-20(2-5-21)3-6-22-7-14-28(37-17-22)30(34,35)29(42,18-41-19-38-39-40-41)26-13-10-24(32)15-27(26)33/h1-2,4-5,7-15,17,19,36,42H,16,18H2. The third-order valence-electron chi connectivity index (χ3n) is 6.41. The highest BCUT2D eigenvalue weighted by Gasteiger charge is 2.58. The molecule has 0 aliphatic carbocycles. The Kier molecular flexibility index (Phi) is 7.95. The highest BCUT2D eigenvalue weighted by Crippen LogP contribution is 2.46. The van der Waals surface area contributed by atoms with Crippen LogP contribution in [0.5, 0.6) is 0 Å². The molecular weight excluding hydrogens is 555 g/mol. The molecule has 3 aromatic carbocycles. The first-order valence-corrected chi connectivity index (χ1v) is 12.5. The van der Waals surface area contributed by atoms with Crippen LogP contribution in [0, 0.1) is 29.3 Å². The van der Waals surface area contributed by atoms with Gasteiger partial charge in [0.05, 0.1) is 6.54 Å². The molecule has 0 aliphatic rings. The number of halogens is 5. The van der Waals surface area contributed by atoms with Crippen LogP contribution in [0.2, 0.25) is 0 Å². The Morgan fingerprint density at radius 1 is 0.833 bits per heavy atom. The molecule has 2 aromatic heterocycles. The number of pyridine rings is 1. The molecule has 12 heteroatoms. The highest BCUT2D eigenvalue weighted by atomic mass is 19.3. The predicted molar refractivity (Wildman–Crippen MR) is 142 cm³/mol. The number of hydrogen-bond acceptors (Lipinski definition) is 6. The maximum Gasteiger partial charge on any atom is 0.323 e. The largest absolute Gasteiger partial charge is 0.381 e. The molecule has 2 N–H and O–H groups in total. The molecule has 0 radical (unpaired) electrons. The maximum absolute atomic E-state index is 15.9. The summed E-state index contributed by atoms with van der Waals surface area (Å²) in [4.78, 5) is 3.80. The second-order valence-electron chi connectivity index (χ2n) is 9.31. The van der Waals surface area contributed by atoms with Crippen LogP contribution in [-0.2, 0) is 24.6 Å². The first kappa shape index (κ1) is 28.4. The van der Waals surface area contributed by atoms with Gasteiger partial charge in [-0.2, -0.15) is 8.78 Å². The van der Waals surface area contributed by atoms with Gasteiger partial charge in [-0.3, -0.25) is 4.98 Å². The summed E-state index contributed by atoms with van der Waals surface area (Å²) in [6, 6.07) is 17.5. The van der Waals surface area contributed by atoms with Gasteiger partial charge in [0.25, 0.3) is 0 Å². The van der Waals surface area contributed by atoms with Crippen molar-refractivity contribution in [1.29, 1.82) is 0 Å². The summed E-state index contributed by atoms with van der Waals surface area (Å²) in [5, 5.41) is 24.6. The van der Waals surface area contributed by atoms with Crippen LogP contribution in [-0.4, -0.2) is 30.3 Å². The van der Waals surface area contributed by atoms with Crippen molar-refractivity contribution in [2.75, 3.05) is 5.32 Å². The van der Waals surface area contributed by atoms with E-state index >= 15 is 8.78 Å². The zero-order valence-electron chi connectivity index (χ0n) is 21.6. The Hall–Kier alpha value is -5.15. The van der Waals surface area contributed by atoms with Gasteiger partial charge in [0.15, 0.2) is 5.60 Å². The number of rotatable bonds is 8. The number of aromatic nitrogens is 5. The fourth-order valence-corrected chi connectivity index (χ4v) is 4.15. The lowest BCUT2D eigenvalue weighted by Crippen LogP contribution is -2.48. The van der Waals surface area contributed by atoms with Crippen LogP contribution >= 0.6 is 0 Å². The van der Waals surface area contributed by atoms with Gasteiger partial charge >= 0.3 is 5.92 Å². The molecule has 1 atom stereocenters. The average molecular weight is 577 g/mol. The van der Waals surface area contributed by atoms with Crippen LogP contribution < -0.4 is 5.32 Å². The highest BCUT2D eigenvalue weighted by molar-refractivity contribution is 5.46. The Morgan fingerprint density at radius 2 is 1.52 bits per heavy atom. The van der Waals surface area contributed by atoms with Gasteiger partial charge in [0.2, 0.25) is 0 Å². The van der Waals surface area contributed by atoms with Crippen LogP contribution in [0.25, 0.3) is 0 Å². The van der Waals surface area contributed by atoms with Crippen LogP contribution in [0.4, 0.5) is 27.6 Å². The minimum atomic E-state index is -4.17. The molecule has 5 rings (SSSR count). The molecule has 7 nitrogen and oxygen atoms in total. The van der Waals surface area contributed by atoms with Gasteiger partial charge in [-0.15, -0.1) is 5.10 Å². The third kappa shape index (κ3) is 6.11. The number of tetrazole rings is 1. The van der Waals surface area contributed by atoms with Gasteiger partial charge in [0, 0.05) is 41.2 Å². The first-order chi connectivity index (χ1) is 20.1. The molecule has 2 heterocycles. The van der Waals surface area contributed by atoms with E-state index in [4.69, 9.17) is 0 Å². The van der Waals surface area contributed by atoms with Gasteiger partial charge in [-0.1, -0.05) is 24.0 Å². The summed E-state index contributed by atoms with van der Waals surface area (Å²) < 4.78 is 73.7. The van der Waals surface area contributed by atoms with Crippen LogP contribution in [0.15, 0.2) is 91.4 Å². The van der Waals surface area contributed by atoms with E-state index in [0.29, 0.717) is 23.7 Å². The first-order valence-electron chi connectivity index (χ1n) is 12.5. The number of alkyl halides is 2. The molecule has 1 unspecified atom stereocenters. The second-order valence-corrected chi connectivity index (χ2v) is 9.31. The number of benzene rings is 3. The van der Waals surface area contributed by atoms with E-state index in [1.54, 1.807) is 24.3 Å². The molecule has 0 spiro atoms. The lowest BCUT2D eigenvalue weighted by Gasteiger charge is -2.35. The monoisotopic (exact) mass is 576 g/mol. The molecule has 0 saturated carbocycles. The van der Waals surface area contributed by atoms with Crippen molar-refractivity contribution in [3.8, 4) is 11.8 Å². The van der Waals surface area contributed by atoms with Crippen LogP contribution in [0.3, 0.4) is 0 Å².